The predicted molar refractivity (Wildman–Crippen MR) is 88.2 cm³/mol. The molecule has 2 aliphatic rings. The van der Waals surface area contributed by atoms with Gasteiger partial charge in [-0.3, -0.25) is 0 Å². The number of halogens is 1. The van der Waals surface area contributed by atoms with Crippen LogP contribution in [0.1, 0.15) is 12.0 Å². The zero-order chi connectivity index (χ0) is 12.7. The molecule has 0 N–H and O–H groups in total. The number of rotatable bonds is 1. The molecule has 0 radical (unpaired) electrons. The van der Waals surface area contributed by atoms with Crippen LogP contribution in [0.5, 0.6) is 0 Å². The molecule has 0 amide bonds. The highest BCUT2D eigenvalue weighted by Crippen LogP contribution is 2.66. The fourth-order valence-corrected chi connectivity index (χ4v) is 3.80. The Balaban J connectivity index is 1.90. The molecule has 1 saturated carbocycles. The Hall–Kier alpha value is -1.29. The van der Waals surface area contributed by atoms with Crippen molar-refractivity contribution in [2.24, 2.45) is 13.0 Å². The van der Waals surface area contributed by atoms with Crippen LogP contribution in [0.25, 0.3) is 27.4 Å². The molecule has 0 saturated heterocycles. The van der Waals surface area contributed by atoms with Crippen molar-refractivity contribution in [3.05, 3.63) is 51.1 Å². The van der Waals surface area contributed by atoms with Gasteiger partial charge in [-0.25, -0.2) is 0 Å². The van der Waals surface area contributed by atoms with Gasteiger partial charge >= 0.3 is 0 Å². The molecule has 1 fully saturated rings. The van der Waals surface area contributed by atoms with Crippen molar-refractivity contribution >= 4 is 50.0 Å². The van der Waals surface area contributed by atoms with Gasteiger partial charge in [-0.05, 0) is 70.5 Å². The lowest BCUT2D eigenvalue weighted by Gasteiger charge is -2.01. The van der Waals surface area contributed by atoms with Gasteiger partial charge in [0.15, 0.2) is 0 Å². The lowest BCUT2D eigenvalue weighted by atomic mass is 10.0. The number of aryl methyl sites for hydroxylation is 1. The maximum Gasteiger partial charge on any atom is 0.0489 e. The maximum absolute atomic E-state index is 2.40. The lowest BCUT2D eigenvalue weighted by molar-refractivity contribution is 1.01. The maximum atomic E-state index is 2.40. The first-order valence-corrected chi connectivity index (χ1v) is 7.73. The van der Waals surface area contributed by atoms with Crippen molar-refractivity contribution in [2.75, 3.05) is 0 Å². The van der Waals surface area contributed by atoms with Crippen molar-refractivity contribution in [1.82, 2.24) is 4.57 Å². The normalized spacial score (nSPS) is 20.2. The molecule has 0 aliphatic heterocycles. The summed E-state index contributed by atoms with van der Waals surface area (Å²) in [5.41, 5.74) is 7.44. The van der Waals surface area contributed by atoms with E-state index < -0.39 is 0 Å². The summed E-state index contributed by atoms with van der Waals surface area (Å²) in [4.78, 5) is 0. The van der Waals surface area contributed by atoms with E-state index in [0.717, 1.165) is 5.92 Å². The molecule has 2 aliphatic carbocycles. The summed E-state index contributed by atoms with van der Waals surface area (Å²) in [6, 6.07) is 13.7. The summed E-state index contributed by atoms with van der Waals surface area (Å²) >= 11 is 2.40. The van der Waals surface area contributed by atoms with Crippen molar-refractivity contribution in [2.45, 2.75) is 6.42 Å². The molecule has 2 heteroatoms. The molecule has 2 aromatic carbocycles. The van der Waals surface area contributed by atoms with Gasteiger partial charge < -0.3 is 4.57 Å². The molecule has 1 atom stereocenters. The van der Waals surface area contributed by atoms with Crippen LogP contribution in [0, 0.1) is 9.49 Å². The number of fused-ring (bicyclic) bond motifs is 4. The van der Waals surface area contributed by atoms with Crippen LogP contribution in [-0.2, 0) is 7.05 Å². The van der Waals surface area contributed by atoms with E-state index in [1.165, 1.54) is 37.4 Å². The smallest absolute Gasteiger partial charge is 0.0489 e. The summed E-state index contributed by atoms with van der Waals surface area (Å²) in [6.07, 6.45) is 1.36. The van der Waals surface area contributed by atoms with E-state index in [1.54, 1.807) is 11.1 Å². The van der Waals surface area contributed by atoms with Crippen LogP contribution >= 0.6 is 22.6 Å². The molecule has 1 heterocycles. The van der Waals surface area contributed by atoms with Crippen molar-refractivity contribution in [3.63, 3.8) is 0 Å². The molecule has 0 spiro atoms. The summed E-state index contributed by atoms with van der Waals surface area (Å²) in [7, 11) is 2.16. The fourth-order valence-electron chi connectivity index (χ4n) is 3.31. The van der Waals surface area contributed by atoms with E-state index in [0.29, 0.717) is 0 Å². The number of hydrogen-bond donors (Lipinski definition) is 0. The van der Waals surface area contributed by atoms with Crippen LogP contribution in [-0.4, -0.2) is 4.57 Å². The Morgan fingerprint density at radius 2 is 1.74 bits per heavy atom. The minimum Gasteiger partial charge on any atom is -0.344 e. The molecule has 1 nitrogen and oxygen atoms in total. The predicted octanol–water partition coefficient (Wildman–Crippen LogP) is 4.72. The summed E-state index contributed by atoms with van der Waals surface area (Å²) in [5.74, 6) is 0.868. The molecule has 3 aromatic rings. The Morgan fingerprint density at radius 3 is 2.42 bits per heavy atom. The second-order valence-electron chi connectivity index (χ2n) is 5.65. The highest BCUT2D eigenvalue weighted by Gasteiger charge is 2.50. The van der Waals surface area contributed by atoms with Gasteiger partial charge in [0.2, 0.25) is 0 Å². The number of aromatic nitrogens is 1. The molecule has 5 rings (SSSR count). The van der Waals surface area contributed by atoms with Gasteiger partial charge in [0.05, 0.1) is 0 Å². The number of hydrogen-bond acceptors (Lipinski definition) is 0. The summed E-state index contributed by atoms with van der Waals surface area (Å²) in [5, 5.41) is 2.78. The Bertz CT molecular complexity index is 914. The summed E-state index contributed by atoms with van der Waals surface area (Å²) < 4.78 is 3.61. The monoisotopic (exact) mass is 357 g/mol. The summed E-state index contributed by atoms with van der Waals surface area (Å²) in [6.45, 7) is 0. The van der Waals surface area contributed by atoms with Crippen molar-refractivity contribution < 1.29 is 0 Å². The van der Waals surface area contributed by atoms with E-state index in [1.807, 2.05) is 0 Å². The standard InChI is InChI=1S/C17H12IN/c1-19-15-4-2-9(17-13-8-14(13)17)6-11(15)12-7-10(18)3-5-16(12)19/h2-7,13H,8H2,1H3. The third-order valence-corrected chi connectivity index (χ3v) is 5.25. The van der Waals surface area contributed by atoms with Crippen LogP contribution in [0.2, 0.25) is 0 Å². The Morgan fingerprint density at radius 1 is 1.05 bits per heavy atom. The van der Waals surface area contributed by atoms with E-state index in [-0.39, 0.29) is 0 Å². The van der Waals surface area contributed by atoms with Crippen LogP contribution in [0.3, 0.4) is 0 Å². The number of nitrogens with zero attached hydrogens (tertiary/aromatic N) is 1. The molecular weight excluding hydrogens is 345 g/mol. The minimum atomic E-state index is 0.868. The second-order valence-corrected chi connectivity index (χ2v) is 6.89. The van der Waals surface area contributed by atoms with Gasteiger partial charge in [-0.1, -0.05) is 11.6 Å². The van der Waals surface area contributed by atoms with Crippen LogP contribution in [0.15, 0.2) is 42.0 Å². The van der Waals surface area contributed by atoms with E-state index in [2.05, 4.69) is 70.6 Å². The Labute approximate surface area is 125 Å². The van der Waals surface area contributed by atoms with Gasteiger partial charge in [-0.2, -0.15) is 0 Å². The van der Waals surface area contributed by atoms with Gasteiger partial charge in [-0.15, -0.1) is 0 Å². The minimum absolute atomic E-state index is 0.868. The van der Waals surface area contributed by atoms with E-state index in [9.17, 15) is 0 Å². The van der Waals surface area contributed by atoms with Crippen LogP contribution in [0.4, 0.5) is 0 Å². The average molecular weight is 357 g/mol. The zero-order valence-corrected chi connectivity index (χ0v) is 12.7. The Kier molecular flexibility index (Phi) is 1.79. The fraction of sp³-hybridized carbons (Fsp3) is 0.176. The number of allylic oxidation sites excluding steroid dienone is 2. The second kappa shape index (κ2) is 3.23. The third kappa shape index (κ3) is 1.30. The first-order valence-electron chi connectivity index (χ1n) is 6.65. The molecule has 1 aromatic heterocycles. The molecule has 1 unspecified atom stereocenters. The van der Waals surface area contributed by atoms with Crippen molar-refractivity contribution in [1.29, 1.82) is 0 Å². The SMILES string of the molecule is Cn1c2ccc(I)cc2c2cc(C3=C4CC43)ccc21. The van der Waals surface area contributed by atoms with Crippen LogP contribution < -0.4 is 0 Å². The highest BCUT2D eigenvalue weighted by molar-refractivity contribution is 14.1. The third-order valence-electron chi connectivity index (χ3n) is 4.57. The first-order chi connectivity index (χ1) is 9.24. The van der Waals surface area contributed by atoms with E-state index >= 15 is 0 Å². The average Bonchev–Trinajstić information content (AvgIpc) is 3.27. The molecular formula is C17H12IN. The quantitative estimate of drug-likeness (QED) is 0.556. The zero-order valence-electron chi connectivity index (χ0n) is 10.6. The van der Waals surface area contributed by atoms with Gasteiger partial charge in [0.25, 0.3) is 0 Å². The molecule has 19 heavy (non-hydrogen) atoms. The molecule has 0 bridgehead atoms. The highest BCUT2D eigenvalue weighted by atomic mass is 127. The van der Waals surface area contributed by atoms with Gasteiger partial charge in [0, 0.05) is 38.3 Å². The lowest BCUT2D eigenvalue weighted by Crippen LogP contribution is -1.86. The molecule has 92 valence electrons. The van der Waals surface area contributed by atoms with E-state index in [4.69, 9.17) is 0 Å². The first kappa shape index (κ1) is 10.5. The van der Waals surface area contributed by atoms with Crippen molar-refractivity contribution in [3.8, 4) is 0 Å². The van der Waals surface area contributed by atoms with Gasteiger partial charge in [0.1, 0.15) is 0 Å². The topological polar surface area (TPSA) is 4.93 Å². The largest absolute Gasteiger partial charge is 0.344 e. The number of benzene rings is 2.